The van der Waals surface area contributed by atoms with Gasteiger partial charge < -0.3 is 10.2 Å². The zero-order valence-electron chi connectivity index (χ0n) is 16.5. The van der Waals surface area contributed by atoms with Gasteiger partial charge in [-0.25, -0.2) is 21.9 Å². The van der Waals surface area contributed by atoms with Gasteiger partial charge in [0, 0.05) is 31.3 Å². The smallest absolute Gasteiger partial charge is 0.229 e. The maximum Gasteiger partial charge on any atom is 0.229 e. The Labute approximate surface area is 178 Å². The van der Waals surface area contributed by atoms with E-state index in [0.29, 0.717) is 17.3 Å². The first kappa shape index (κ1) is 22.6. The van der Waals surface area contributed by atoms with Crippen LogP contribution in [0.2, 0.25) is 0 Å². The van der Waals surface area contributed by atoms with Crippen LogP contribution in [0.1, 0.15) is 12.0 Å². The van der Waals surface area contributed by atoms with Crippen molar-refractivity contribution in [2.45, 2.75) is 12.2 Å². The Kier molecular flexibility index (Phi) is 6.81. The van der Waals surface area contributed by atoms with Crippen molar-refractivity contribution >= 4 is 33.2 Å². The highest BCUT2D eigenvalue weighted by molar-refractivity contribution is 7.88. The van der Waals surface area contributed by atoms with Crippen molar-refractivity contribution in [2.75, 3.05) is 23.3 Å². The van der Waals surface area contributed by atoms with Crippen LogP contribution in [0, 0.1) is 17.6 Å². The van der Waals surface area contributed by atoms with Crippen LogP contribution in [0.15, 0.2) is 55.1 Å². The van der Waals surface area contributed by atoms with Gasteiger partial charge in [-0.2, -0.15) is 0 Å². The van der Waals surface area contributed by atoms with Gasteiger partial charge in [-0.1, -0.05) is 18.2 Å². The molecule has 0 aromatic heterocycles. The maximum atomic E-state index is 14.0. The van der Waals surface area contributed by atoms with E-state index in [4.69, 9.17) is 0 Å². The second-order valence-corrected chi connectivity index (χ2v) is 8.89. The number of nitrogens with one attached hydrogen (secondary N) is 2. The Bertz CT molecular complexity index is 1100. The Balaban J connectivity index is 1.61. The number of carbonyl (C=O) groups excluding carboxylic acids is 2. The molecule has 10 heteroatoms. The summed E-state index contributed by atoms with van der Waals surface area (Å²) in [5.74, 6) is -3.41. The topological polar surface area (TPSA) is 95.6 Å². The van der Waals surface area contributed by atoms with Crippen molar-refractivity contribution in [3.05, 3.63) is 72.3 Å². The predicted octanol–water partition coefficient (Wildman–Crippen LogP) is 2.56. The summed E-state index contributed by atoms with van der Waals surface area (Å²) in [5.41, 5.74) is 0.893. The largest absolute Gasteiger partial charge is 0.326 e. The third kappa shape index (κ3) is 5.74. The summed E-state index contributed by atoms with van der Waals surface area (Å²) in [4.78, 5) is 25.9. The van der Waals surface area contributed by atoms with Crippen molar-refractivity contribution in [2.24, 2.45) is 5.92 Å². The summed E-state index contributed by atoms with van der Waals surface area (Å²) >= 11 is 0. The highest BCUT2D eigenvalue weighted by Crippen LogP contribution is 2.28. The molecule has 1 aliphatic heterocycles. The molecule has 164 valence electrons. The summed E-state index contributed by atoms with van der Waals surface area (Å²) in [5, 5.41) is 2.67. The van der Waals surface area contributed by atoms with Crippen LogP contribution in [0.3, 0.4) is 0 Å². The zero-order chi connectivity index (χ0) is 22.6. The lowest BCUT2D eigenvalue weighted by Gasteiger charge is -2.17. The van der Waals surface area contributed by atoms with Gasteiger partial charge in [0.25, 0.3) is 0 Å². The van der Waals surface area contributed by atoms with Crippen LogP contribution in [0.5, 0.6) is 0 Å². The summed E-state index contributed by atoms with van der Waals surface area (Å²) in [7, 11) is -3.50. The van der Waals surface area contributed by atoms with Crippen LogP contribution in [0.4, 0.5) is 20.2 Å². The Hall–Kier alpha value is -3.11. The van der Waals surface area contributed by atoms with E-state index in [9.17, 15) is 26.8 Å². The predicted molar refractivity (Wildman–Crippen MR) is 113 cm³/mol. The number of carbonyl (C=O) groups is 2. The molecule has 0 radical (unpaired) electrons. The molecule has 1 aliphatic rings. The fourth-order valence-corrected chi connectivity index (χ4v) is 4.31. The Morgan fingerprint density at radius 2 is 1.90 bits per heavy atom. The number of rotatable bonds is 8. The van der Waals surface area contributed by atoms with E-state index in [0.717, 1.165) is 11.0 Å². The van der Waals surface area contributed by atoms with E-state index < -0.39 is 39.4 Å². The molecule has 0 aliphatic carbocycles. The average Bonchev–Trinajstić information content (AvgIpc) is 3.09. The number of nitrogens with zero attached hydrogens (tertiary/aromatic N) is 1. The van der Waals surface area contributed by atoms with Gasteiger partial charge >= 0.3 is 0 Å². The van der Waals surface area contributed by atoms with E-state index >= 15 is 0 Å². The summed E-state index contributed by atoms with van der Waals surface area (Å²) in [6.07, 6.45) is 1.34. The highest BCUT2D eigenvalue weighted by atomic mass is 32.2. The van der Waals surface area contributed by atoms with E-state index in [-0.39, 0.29) is 31.0 Å². The van der Waals surface area contributed by atoms with Gasteiger partial charge in [0.15, 0.2) is 0 Å². The number of benzene rings is 2. The molecule has 1 heterocycles. The van der Waals surface area contributed by atoms with E-state index in [1.807, 2.05) is 0 Å². The second kappa shape index (κ2) is 9.36. The van der Waals surface area contributed by atoms with Crippen LogP contribution in [-0.2, 0) is 25.4 Å². The molecule has 7 nitrogen and oxygen atoms in total. The molecular formula is C21H21F2N3O4S. The lowest BCUT2D eigenvalue weighted by molar-refractivity contribution is -0.122. The second-order valence-electron chi connectivity index (χ2n) is 7.08. The fraction of sp³-hybridized carbons (Fsp3) is 0.238. The van der Waals surface area contributed by atoms with E-state index in [1.54, 1.807) is 24.3 Å². The third-order valence-corrected chi connectivity index (χ3v) is 6.04. The summed E-state index contributed by atoms with van der Waals surface area (Å²) < 4.78 is 53.3. The molecule has 1 unspecified atom stereocenters. The molecule has 2 aromatic carbocycles. The average molecular weight is 449 g/mol. The number of hydrogen-bond donors (Lipinski definition) is 2. The van der Waals surface area contributed by atoms with Gasteiger partial charge in [0.2, 0.25) is 21.8 Å². The van der Waals surface area contributed by atoms with Crippen molar-refractivity contribution in [1.29, 1.82) is 0 Å². The molecule has 1 saturated heterocycles. The third-order valence-electron chi connectivity index (χ3n) is 4.72. The van der Waals surface area contributed by atoms with Gasteiger partial charge in [-0.15, -0.1) is 6.58 Å². The quantitative estimate of drug-likeness (QED) is 0.606. The van der Waals surface area contributed by atoms with Gasteiger partial charge in [0.05, 0.1) is 17.4 Å². The molecule has 31 heavy (non-hydrogen) atoms. The van der Waals surface area contributed by atoms with Crippen LogP contribution >= 0.6 is 0 Å². The Morgan fingerprint density at radius 1 is 1.19 bits per heavy atom. The van der Waals surface area contributed by atoms with Gasteiger partial charge in [0.1, 0.15) is 11.6 Å². The minimum absolute atomic E-state index is 0.0292. The number of hydrogen-bond acceptors (Lipinski definition) is 4. The van der Waals surface area contributed by atoms with Crippen LogP contribution in [-0.4, -0.2) is 33.3 Å². The lowest BCUT2D eigenvalue weighted by Crippen LogP contribution is -2.28. The van der Waals surface area contributed by atoms with Gasteiger partial charge in [-0.05, 0) is 29.8 Å². The molecular weight excluding hydrogens is 428 g/mol. The zero-order valence-corrected chi connectivity index (χ0v) is 17.3. The first-order valence-electron chi connectivity index (χ1n) is 9.42. The molecule has 0 bridgehead atoms. The lowest BCUT2D eigenvalue weighted by atomic mass is 10.1. The van der Waals surface area contributed by atoms with Crippen molar-refractivity contribution < 1.29 is 26.8 Å². The molecule has 2 N–H and O–H groups in total. The van der Waals surface area contributed by atoms with Crippen LogP contribution < -0.4 is 14.9 Å². The Morgan fingerprint density at radius 3 is 2.55 bits per heavy atom. The number of amides is 2. The van der Waals surface area contributed by atoms with Crippen molar-refractivity contribution in [3.8, 4) is 0 Å². The van der Waals surface area contributed by atoms with E-state index in [2.05, 4.69) is 16.6 Å². The molecule has 1 atom stereocenters. The SMILES string of the molecule is C=CCNS(=O)(=O)Cc1ccc(NC(=O)C2CC(=O)N(c3ccc(F)cc3F)C2)cc1. The summed E-state index contributed by atoms with van der Waals surface area (Å²) in [6, 6.07) is 9.17. The van der Waals surface area contributed by atoms with E-state index in [1.165, 1.54) is 12.1 Å². The molecule has 2 aromatic rings. The first-order valence-corrected chi connectivity index (χ1v) is 11.1. The fourth-order valence-electron chi connectivity index (χ4n) is 3.20. The van der Waals surface area contributed by atoms with Gasteiger partial charge in [-0.3, -0.25) is 9.59 Å². The standard InChI is InChI=1S/C21H21F2N3O4S/c1-2-9-24-31(29,30)13-14-3-6-17(7-4-14)25-21(28)15-10-20(27)26(12-15)19-8-5-16(22)11-18(19)23/h2-8,11,15,24H,1,9-10,12-13H2,(H,25,28). The first-order chi connectivity index (χ1) is 14.7. The van der Waals surface area contributed by atoms with Crippen molar-refractivity contribution in [3.63, 3.8) is 0 Å². The maximum absolute atomic E-state index is 14.0. The minimum atomic E-state index is -3.50. The minimum Gasteiger partial charge on any atom is -0.326 e. The molecule has 3 rings (SSSR count). The normalized spacial score (nSPS) is 16.4. The number of anilines is 2. The molecule has 1 fully saturated rings. The molecule has 0 saturated carbocycles. The molecule has 0 spiro atoms. The van der Waals surface area contributed by atoms with Crippen LogP contribution in [0.25, 0.3) is 0 Å². The van der Waals surface area contributed by atoms with Crippen molar-refractivity contribution in [1.82, 2.24) is 4.72 Å². The number of halogens is 2. The summed E-state index contributed by atoms with van der Waals surface area (Å²) in [6.45, 7) is 3.56. The number of sulfonamides is 1. The highest BCUT2D eigenvalue weighted by Gasteiger charge is 2.36. The monoisotopic (exact) mass is 449 g/mol. The molecule has 2 amide bonds.